The SMILES string of the molecule is Fc1ccc(-c2cc3ncnc(Sc4nnc(Cc5ccccc5)o4)c3s2)cc1. The predicted molar refractivity (Wildman–Crippen MR) is 110 cm³/mol. The van der Waals surface area contributed by atoms with Gasteiger partial charge in [0.1, 0.15) is 17.2 Å². The van der Waals surface area contributed by atoms with Gasteiger partial charge in [-0.2, -0.15) is 0 Å². The molecule has 5 aromatic rings. The quantitative estimate of drug-likeness (QED) is 0.344. The van der Waals surface area contributed by atoms with E-state index in [2.05, 4.69) is 20.2 Å². The lowest BCUT2D eigenvalue weighted by atomic mass is 10.2. The van der Waals surface area contributed by atoms with E-state index in [0.29, 0.717) is 17.5 Å². The van der Waals surface area contributed by atoms with E-state index < -0.39 is 0 Å². The Kier molecular flexibility index (Phi) is 4.79. The number of halogens is 1. The number of benzene rings is 2. The van der Waals surface area contributed by atoms with Gasteiger partial charge >= 0.3 is 0 Å². The molecule has 0 aliphatic rings. The van der Waals surface area contributed by atoms with Gasteiger partial charge in [-0.05, 0) is 41.1 Å². The second-order valence-corrected chi connectivity index (χ2v) is 8.23. The van der Waals surface area contributed by atoms with Gasteiger partial charge in [-0.25, -0.2) is 14.4 Å². The summed E-state index contributed by atoms with van der Waals surface area (Å²) < 4.78 is 19.9. The Hall–Kier alpha value is -3.10. The van der Waals surface area contributed by atoms with Crippen molar-refractivity contribution in [1.82, 2.24) is 20.2 Å². The highest BCUT2D eigenvalue weighted by Crippen LogP contribution is 2.38. The van der Waals surface area contributed by atoms with Crippen molar-refractivity contribution in [3.8, 4) is 10.4 Å². The first-order chi connectivity index (χ1) is 14.2. The van der Waals surface area contributed by atoms with Crippen LogP contribution in [0.5, 0.6) is 0 Å². The molecule has 142 valence electrons. The minimum absolute atomic E-state index is 0.256. The van der Waals surface area contributed by atoms with Crippen molar-refractivity contribution < 1.29 is 8.81 Å². The largest absolute Gasteiger partial charge is 0.415 e. The molecule has 3 heterocycles. The van der Waals surface area contributed by atoms with E-state index in [1.54, 1.807) is 23.5 Å². The Bertz CT molecular complexity index is 1270. The van der Waals surface area contributed by atoms with Gasteiger partial charge in [-0.1, -0.05) is 42.5 Å². The van der Waals surface area contributed by atoms with E-state index >= 15 is 0 Å². The highest BCUT2D eigenvalue weighted by Gasteiger charge is 2.15. The van der Waals surface area contributed by atoms with Crippen LogP contribution in [0.4, 0.5) is 4.39 Å². The number of fused-ring (bicyclic) bond motifs is 1. The molecule has 29 heavy (non-hydrogen) atoms. The summed E-state index contributed by atoms with van der Waals surface area (Å²) >= 11 is 2.87. The predicted octanol–water partition coefficient (Wildman–Crippen LogP) is 5.62. The molecule has 0 aliphatic carbocycles. The average Bonchev–Trinajstić information content (AvgIpc) is 3.37. The molecular weight excluding hydrogens is 407 g/mol. The van der Waals surface area contributed by atoms with Crippen LogP contribution in [0.1, 0.15) is 11.5 Å². The first-order valence-electron chi connectivity index (χ1n) is 8.79. The highest BCUT2D eigenvalue weighted by atomic mass is 32.2. The van der Waals surface area contributed by atoms with E-state index in [1.165, 1.54) is 30.2 Å². The third-order valence-corrected chi connectivity index (χ3v) is 6.39. The molecule has 0 saturated carbocycles. The van der Waals surface area contributed by atoms with Crippen molar-refractivity contribution in [2.45, 2.75) is 16.7 Å². The molecular formula is C21H13FN4OS2. The summed E-state index contributed by atoms with van der Waals surface area (Å²) in [5.41, 5.74) is 2.88. The number of rotatable bonds is 5. The number of thiophene rings is 1. The first-order valence-corrected chi connectivity index (χ1v) is 10.4. The zero-order valence-corrected chi connectivity index (χ0v) is 16.6. The molecule has 0 amide bonds. The molecule has 0 atom stereocenters. The van der Waals surface area contributed by atoms with Crippen LogP contribution in [-0.4, -0.2) is 20.2 Å². The fourth-order valence-corrected chi connectivity index (χ4v) is 4.80. The lowest BCUT2D eigenvalue weighted by Gasteiger charge is -1.97. The average molecular weight is 420 g/mol. The van der Waals surface area contributed by atoms with Crippen LogP contribution < -0.4 is 0 Å². The molecule has 0 radical (unpaired) electrons. The van der Waals surface area contributed by atoms with Gasteiger partial charge in [-0.15, -0.1) is 21.5 Å². The summed E-state index contributed by atoms with van der Waals surface area (Å²) in [7, 11) is 0. The molecule has 0 fully saturated rings. The van der Waals surface area contributed by atoms with Crippen LogP contribution in [0.2, 0.25) is 0 Å². The van der Waals surface area contributed by atoms with E-state index in [0.717, 1.165) is 31.2 Å². The zero-order valence-electron chi connectivity index (χ0n) is 14.9. The summed E-state index contributed by atoms with van der Waals surface area (Å²) in [4.78, 5) is 9.74. The maximum absolute atomic E-state index is 13.2. The smallest absolute Gasteiger partial charge is 0.283 e. The van der Waals surface area contributed by atoms with Crippen molar-refractivity contribution >= 4 is 33.3 Å². The van der Waals surface area contributed by atoms with Crippen molar-refractivity contribution in [1.29, 1.82) is 0 Å². The maximum Gasteiger partial charge on any atom is 0.283 e. The van der Waals surface area contributed by atoms with Gasteiger partial charge in [0.15, 0.2) is 0 Å². The van der Waals surface area contributed by atoms with Crippen molar-refractivity contribution in [3.05, 3.63) is 84.3 Å². The Morgan fingerprint density at radius 3 is 2.62 bits per heavy atom. The van der Waals surface area contributed by atoms with E-state index in [9.17, 15) is 4.39 Å². The van der Waals surface area contributed by atoms with Crippen molar-refractivity contribution in [3.63, 3.8) is 0 Å². The Balaban J connectivity index is 1.41. The summed E-state index contributed by atoms with van der Waals surface area (Å²) in [6, 6.07) is 18.4. The molecule has 0 bridgehead atoms. The first kappa shape index (κ1) is 18.0. The Morgan fingerprint density at radius 2 is 1.79 bits per heavy atom. The fraction of sp³-hybridized carbons (Fsp3) is 0.0476. The van der Waals surface area contributed by atoms with Crippen molar-refractivity contribution in [2.24, 2.45) is 0 Å². The Labute approximate surface area is 173 Å². The lowest BCUT2D eigenvalue weighted by Crippen LogP contribution is -1.87. The molecule has 0 saturated heterocycles. The van der Waals surface area contributed by atoms with Crippen LogP contribution in [0.15, 0.2) is 81.7 Å². The van der Waals surface area contributed by atoms with Crippen LogP contribution in [-0.2, 0) is 6.42 Å². The van der Waals surface area contributed by atoms with Gasteiger partial charge in [0.05, 0.1) is 16.6 Å². The molecule has 5 nitrogen and oxygen atoms in total. The van der Waals surface area contributed by atoms with Gasteiger partial charge < -0.3 is 4.42 Å². The summed E-state index contributed by atoms with van der Waals surface area (Å²) in [6.07, 6.45) is 2.11. The third-order valence-electron chi connectivity index (χ3n) is 4.24. The van der Waals surface area contributed by atoms with Gasteiger partial charge in [0, 0.05) is 4.88 Å². The van der Waals surface area contributed by atoms with Gasteiger partial charge in [-0.3, -0.25) is 0 Å². The van der Waals surface area contributed by atoms with E-state index in [-0.39, 0.29) is 5.82 Å². The monoisotopic (exact) mass is 420 g/mol. The van der Waals surface area contributed by atoms with Crippen LogP contribution >= 0.6 is 23.1 Å². The summed E-state index contributed by atoms with van der Waals surface area (Å²) in [6.45, 7) is 0. The standard InChI is InChI=1S/C21H13FN4OS2/c22-15-8-6-14(7-9-15)17-11-16-19(28-17)20(24-12-23-16)29-21-26-25-18(27-21)10-13-4-2-1-3-5-13/h1-9,11-12H,10H2. The van der Waals surface area contributed by atoms with Crippen LogP contribution in [0.25, 0.3) is 20.7 Å². The molecule has 8 heteroatoms. The molecule has 0 spiro atoms. The number of hydrogen-bond donors (Lipinski definition) is 0. The number of nitrogens with zero attached hydrogens (tertiary/aromatic N) is 4. The zero-order chi connectivity index (χ0) is 19.6. The topological polar surface area (TPSA) is 64.7 Å². The number of aromatic nitrogens is 4. The van der Waals surface area contributed by atoms with E-state index in [4.69, 9.17) is 4.42 Å². The van der Waals surface area contributed by atoms with Gasteiger partial charge in [0.2, 0.25) is 5.89 Å². The molecule has 3 aromatic heterocycles. The minimum atomic E-state index is -0.256. The van der Waals surface area contributed by atoms with E-state index in [1.807, 2.05) is 36.4 Å². The summed E-state index contributed by atoms with van der Waals surface area (Å²) in [5.74, 6) is 0.302. The lowest BCUT2D eigenvalue weighted by molar-refractivity contribution is 0.420. The normalized spacial score (nSPS) is 11.2. The van der Waals surface area contributed by atoms with Gasteiger partial charge in [0.25, 0.3) is 5.22 Å². The fourth-order valence-electron chi connectivity index (χ4n) is 2.87. The maximum atomic E-state index is 13.2. The van der Waals surface area contributed by atoms with Crippen molar-refractivity contribution in [2.75, 3.05) is 0 Å². The second-order valence-electron chi connectivity index (χ2n) is 6.24. The second kappa shape index (κ2) is 7.73. The third kappa shape index (κ3) is 3.90. The highest BCUT2D eigenvalue weighted by molar-refractivity contribution is 7.99. The number of hydrogen-bond acceptors (Lipinski definition) is 7. The molecule has 0 N–H and O–H groups in total. The minimum Gasteiger partial charge on any atom is -0.415 e. The summed E-state index contributed by atoms with van der Waals surface area (Å²) in [5, 5.41) is 9.46. The molecule has 5 rings (SSSR count). The molecule has 2 aromatic carbocycles. The van der Waals surface area contributed by atoms with Crippen LogP contribution in [0, 0.1) is 5.82 Å². The molecule has 0 aliphatic heterocycles. The molecule has 0 unspecified atom stereocenters. The Morgan fingerprint density at radius 1 is 0.966 bits per heavy atom. The van der Waals surface area contributed by atoms with Crippen LogP contribution in [0.3, 0.4) is 0 Å².